The Morgan fingerprint density at radius 1 is 1.26 bits per heavy atom. The summed E-state index contributed by atoms with van der Waals surface area (Å²) in [7, 11) is 0. The summed E-state index contributed by atoms with van der Waals surface area (Å²) in [5.74, 6) is 0. The van der Waals surface area contributed by atoms with E-state index >= 15 is 0 Å². The van der Waals surface area contributed by atoms with Crippen LogP contribution in [0.2, 0.25) is 0 Å². The van der Waals surface area contributed by atoms with Crippen LogP contribution in [-0.2, 0) is 0 Å². The van der Waals surface area contributed by atoms with E-state index in [1.54, 1.807) is 6.20 Å². The van der Waals surface area contributed by atoms with Crippen LogP contribution in [0.25, 0.3) is 22.2 Å². The summed E-state index contributed by atoms with van der Waals surface area (Å²) in [5.41, 5.74) is 11.4. The summed E-state index contributed by atoms with van der Waals surface area (Å²) >= 11 is 0. The van der Waals surface area contributed by atoms with Gasteiger partial charge in [0, 0.05) is 17.6 Å². The number of pyridine rings is 1. The molecule has 0 fully saturated rings. The summed E-state index contributed by atoms with van der Waals surface area (Å²) < 4.78 is 0. The largest absolute Gasteiger partial charge is 0.324 e. The van der Waals surface area contributed by atoms with Gasteiger partial charge in [-0.2, -0.15) is 5.10 Å². The highest BCUT2D eigenvalue weighted by atomic mass is 15.1. The molecule has 0 amide bonds. The third-order valence-corrected chi connectivity index (χ3v) is 3.29. The second kappa shape index (κ2) is 4.48. The molecule has 1 aromatic carbocycles. The first-order valence-corrected chi connectivity index (χ1v) is 6.31. The number of aromatic nitrogens is 3. The van der Waals surface area contributed by atoms with E-state index in [4.69, 9.17) is 5.73 Å². The van der Waals surface area contributed by atoms with Crippen LogP contribution in [0.5, 0.6) is 0 Å². The van der Waals surface area contributed by atoms with Gasteiger partial charge in [-0.3, -0.25) is 5.10 Å². The molecule has 96 valence electrons. The highest BCUT2D eigenvalue weighted by Crippen LogP contribution is 2.29. The number of nitrogens with two attached hydrogens (primary N) is 1. The Kier molecular flexibility index (Phi) is 2.80. The molecule has 0 aliphatic carbocycles. The molecule has 1 atom stereocenters. The minimum Gasteiger partial charge on any atom is -0.324 e. The van der Waals surface area contributed by atoms with Crippen molar-refractivity contribution in [2.45, 2.75) is 19.9 Å². The summed E-state index contributed by atoms with van der Waals surface area (Å²) in [5, 5.41) is 7.98. The summed E-state index contributed by atoms with van der Waals surface area (Å²) in [6.07, 6.45) is 3.61. The minimum absolute atomic E-state index is 0.0281. The van der Waals surface area contributed by atoms with Crippen LogP contribution >= 0.6 is 0 Å². The average molecular weight is 252 g/mol. The van der Waals surface area contributed by atoms with Gasteiger partial charge in [0.2, 0.25) is 0 Å². The Hall–Kier alpha value is -2.20. The smallest absolute Gasteiger partial charge is 0.155 e. The number of hydrogen-bond donors (Lipinski definition) is 2. The van der Waals surface area contributed by atoms with Crippen molar-refractivity contribution in [3.8, 4) is 11.1 Å². The lowest BCUT2D eigenvalue weighted by Crippen LogP contribution is -2.05. The predicted octanol–water partition coefficient (Wildman–Crippen LogP) is 2.95. The normalized spacial score (nSPS) is 12.8. The minimum atomic E-state index is 0.0281. The van der Waals surface area contributed by atoms with Crippen LogP contribution in [0.1, 0.15) is 24.1 Å². The Labute approximate surface area is 111 Å². The van der Waals surface area contributed by atoms with E-state index in [2.05, 4.69) is 40.3 Å². The van der Waals surface area contributed by atoms with Gasteiger partial charge in [-0.1, -0.05) is 17.7 Å². The van der Waals surface area contributed by atoms with Crippen LogP contribution in [0.4, 0.5) is 0 Å². The molecular weight excluding hydrogens is 236 g/mol. The zero-order valence-electron chi connectivity index (χ0n) is 11.0. The monoisotopic (exact) mass is 252 g/mol. The van der Waals surface area contributed by atoms with Crippen LogP contribution < -0.4 is 5.73 Å². The number of benzene rings is 1. The van der Waals surface area contributed by atoms with Gasteiger partial charge >= 0.3 is 0 Å². The second-order valence-corrected chi connectivity index (χ2v) is 4.91. The molecule has 3 rings (SSSR count). The number of nitrogens with one attached hydrogen (secondary N) is 1. The Bertz CT molecular complexity index is 728. The molecule has 2 aromatic heterocycles. The SMILES string of the molecule is Cc1cc(-c2ccnc3[nH]ncc23)cc(C(C)N)c1. The fraction of sp³-hybridized carbons (Fsp3) is 0.200. The summed E-state index contributed by atoms with van der Waals surface area (Å²) in [4.78, 5) is 4.26. The fourth-order valence-electron chi connectivity index (χ4n) is 2.33. The maximum atomic E-state index is 5.99. The van der Waals surface area contributed by atoms with E-state index < -0.39 is 0 Å². The van der Waals surface area contributed by atoms with Crippen molar-refractivity contribution in [2.24, 2.45) is 5.73 Å². The van der Waals surface area contributed by atoms with E-state index in [9.17, 15) is 0 Å². The number of fused-ring (bicyclic) bond motifs is 1. The Morgan fingerprint density at radius 3 is 2.89 bits per heavy atom. The van der Waals surface area contributed by atoms with E-state index in [0.29, 0.717) is 0 Å². The van der Waals surface area contributed by atoms with Gasteiger partial charge in [-0.05, 0) is 42.7 Å². The molecule has 0 aliphatic heterocycles. The van der Waals surface area contributed by atoms with Gasteiger partial charge in [0.1, 0.15) is 0 Å². The molecule has 3 N–H and O–H groups in total. The molecule has 0 radical (unpaired) electrons. The molecular formula is C15H16N4. The van der Waals surface area contributed by atoms with Crippen molar-refractivity contribution in [1.82, 2.24) is 15.2 Å². The van der Waals surface area contributed by atoms with E-state index in [-0.39, 0.29) is 6.04 Å². The van der Waals surface area contributed by atoms with Gasteiger partial charge < -0.3 is 5.73 Å². The van der Waals surface area contributed by atoms with Crippen molar-refractivity contribution in [3.05, 3.63) is 47.8 Å². The lowest BCUT2D eigenvalue weighted by Gasteiger charge is -2.11. The molecule has 0 bridgehead atoms. The third-order valence-electron chi connectivity index (χ3n) is 3.29. The first kappa shape index (κ1) is 11.9. The first-order valence-electron chi connectivity index (χ1n) is 6.31. The van der Waals surface area contributed by atoms with Gasteiger partial charge in [-0.25, -0.2) is 4.98 Å². The maximum Gasteiger partial charge on any atom is 0.155 e. The van der Waals surface area contributed by atoms with Crippen LogP contribution in [0.15, 0.2) is 36.7 Å². The quantitative estimate of drug-likeness (QED) is 0.736. The molecule has 4 heteroatoms. The lowest BCUT2D eigenvalue weighted by molar-refractivity contribution is 0.817. The molecule has 4 nitrogen and oxygen atoms in total. The van der Waals surface area contributed by atoms with Crippen LogP contribution in [0, 0.1) is 6.92 Å². The molecule has 3 aromatic rings. The summed E-state index contributed by atoms with van der Waals surface area (Å²) in [6, 6.07) is 8.47. The van der Waals surface area contributed by atoms with Gasteiger partial charge in [0.25, 0.3) is 0 Å². The topological polar surface area (TPSA) is 67.6 Å². The van der Waals surface area contributed by atoms with Crippen molar-refractivity contribution in [3.63, 3.8) is 0 Å². The Morgan fingerprint density at radius 2 is 2.11 bits per heavy atom. The van der Waals surface area contributed by atoms with Crippen LogP contribution in [0.3, 0.4) is 0 Å². The van der Waals surface area contributed by atoms with Crippen molar-refractivity contribution >= 4 is 11.0 Å². The van der Waals surface area contributed by atoms with Crippen LogP contribution in [-0.4, -0.2) is 15.2 Å². The number of rotatable bonds is 2. The molecule has 0 saturated carbocycles. The molecule has 19 heavy (non-hydrogen) atoms. The van der Waals surface area contributed by atoms with Gasteiger partial charge in [0.05, 0.1) is 6.20 Å². The second-order valence-electron chi connectivity index (χ2n) is 4.91. The van der Waals surface area contributed by atoms with Crippen molar-refractivity contribution in [2.75, 3.05) is 0 Å². The first-order chi connectivity index (χ1) is 9.15. The number of nitrogens with zero attached hydrogens (tertiary/aromatic N) is 2. The molecule has 0 spiro atoms. The van der Waals surface area contributed by atoms with E-state index in [0.717, 1.165) is 27.7 Å². The predicted molar refractivity (Wildman–Crippen MR) is 76.7 cm³/mol. The number of H-pyrrole nitrogens is 1. The lowest BCUT2D eigenvalue weighted by atomic mass is 9.97. The van der Waals surface area contributed by atoms with Gasteiger partial charge in [0.15, 0.2) is 5.65 Å². The number of hydrogen-bond acceptors (Lipinski definition) is 3. The van der Waals surface area contributed by atoms with Gasteiger partial charge in [-0.15, -0.1) is 0 Å². The number of aromatic amines is 1. The molecule has 0 aliphatic rings. The van der Waals surface area contributed by atoms with Crippen molar-refractivity contribution < 1.29 is 0 Å². The number of aryl methyl sites for hydroxylation is 1. The fourth-order valence-corrected chi connectivity index (χ4v) is 2.33. The molecule has 1 unspecified atom stereocenters. The van der Waals surface area contributed by atoms with Crippen molar-refractivity contribution in [1.29, 1.82) is 0 Å². The third kappa shape index (κ3) is 2.11. The Balaban J connectivity index is 2.24. The highest BCUT2D eigenvalue weighted by Gasteiger charge is 2.09. The standard InChI is InChI=1S/C15H16N4/c1-9-5-11(10(2)16)7-12(6-9)13-3-4-17-15-14(13)8-18-19-15/h3-8,10H,16H2,1-2H3,(H,17,18,19). The molecule has 2 heterocycles. The zero-order chi connectivity index (χ0) is 13.4. The zero-order valence-corrected chi connectivity index (χ0v) is 11.0. The van der Waals surface area contributed by atoms with E-state index in [1.165, 1.54) is 5.56 Å². The van der Waals surface area contributed by atoms with E-state index in [1.807, 2.05) is 19.2 Å². The molecule has 0 saturated heterocycles. The summed E-state index contributed by atoms with van der Waals surface area (Å²) in [6.45, 7) is 4.08. The average Bonchev–Trinajstić information content (AvgIpc) is 2.85. The highest BCUT2D eigenvalue weighted by molar-refractivity contribution is 5.92. The maximum absolute atomic E-state index is 5.99.